The summed E-state index contributed by atoms with van der Waals surface area (Å²) in [7, 11) is 0. The molecule has 0 unspecified atom stereocenters. The van der Waals surface area contributed by atoms with Gasteiger partial charge in [0.2, 0.25) is 0 Å². The van der Waals surface area contributed by atoms with Gasteiger partial charge < -0.3 is 5.11 Å². The van der Waals surface area contributed by atoms with Crippen LogP contribution in [-0.2, 0) is 0 Å². The highest BCUT2D eigenvalue weighted by atomic mass is 79.9. The van der Waals surface area contributed by atoms with Crippen LogP contribution in [0.2, 0.25) is 5.02 Å². The van der Waals surface area contributed by atoms with Crippen LogP contribution in [0.25, 0.3) is 0 Å². The molecule has 0 aliphatic rings. The van der Waals surface area contributed by atoms with Gasteiger partial charge in [0.15, 0.2) is 0 Å². The van der Waals surface area contributed by atoms with Crippen molar-refractivity contribution in [2.24, 2.45) is 4.99 Å². The first-order valence-corrected chi connectivity index (χ1v) is 7.00. The predicted molar refractivity (Wildman–Crippen MR) is 82.2 cm³/mol. The van der Waals surface area contributed by atoms with E-state index in [-0.39, 0.29) is 5.75 Å². The number of hydrogen-bond acceptors (Lipinski definition) is 2. The summed E-state index contributed by atoms with van der Waals surface area (Å²) in [5.41, 5.74) is 1.37. The average Bonchev–Trinajstić information content (AvgIpc) is 2.34. The number of aromatic hydroxyl groups is 1. The Bertz CT molecular complexity index is 614. The Labute approximate surface area is 127 Å². The molecule has 0 fully saturated rings. The number of benzene rings is 2. The second-order valence-electron chi connectivity index (χ2n) is 3.56. The van der Waals surface area contributed by atoms with Crippen LogP contribution in [0, 0.1) is 0 Å². The van der Waals surface area contributed by atoms with E-state index in [1.165, 1.54) is 0 Å². The van der Waals surface area contributed by atoms with Crippen molar-refractivity contribution >= 4 is 55.4 Å². The maximum atomic E-state index is 9.67. The lowest BCUT2D eigenvalue weighted by Gasteiger charge is -2.00. The number of hydrogen-bond donors (Lipinski definition) is 1. The van der Waals surface area contributed by atoms with E-state index in [1.807, 2.05) is 12.1 Å². The largest absolute Gasteiger partial charge is 0.507 e. The molecule has 0 atom stereocenters. The van der Waals surface area contributed by atoms with Crippen molar-refractivity contribution < 1.29 is 5.11 Å². The van der Waals surface area contributed by atoms with Gasteiger partial charge in [-0.1, -0.05) is 27.5 Å². The molecule has 0 spiro atoms. The predicted octanol–water partition coefficient (Wildman–Crippen LogP) is 5.32. The van der Waals surface area contributed by atoms with Crippen molar-refractivity contribution in [3.8, 4) is 5.75 Å². The van der Waals surface area contributed by atoms with E-state index in [0.29, 0.717) is 10.6 Å². The Morgan fingerprint density at radius 3 is 2.61 bits per heavy atom. The van der Waals surface area contributed by atoms with Crippen molar-refractivity contribution in [3.63, 3.8) is 0 Å². The molecular formula is C13H8Br2ClNO. The lowest BCUT2D eigenvalue weighted by atomic mass is 10.2. The van der Waals surface area contributed by atoms with Crippen LogP contribution in [0.3, 0.4) is 0 Å². The van der Waals surface area contributed by atoms with Gasteiger partial charge in [0, 0.05) is 20.7 Å². The van der Waals surface area contributed by atoms with E-state index in [4.69, 9.17) is 11.6 Å². The molecular weight excluding hydrogens is 381 g/mol. The summed E-state index contributed by atoms with van der Waals surface area (Å²) in [4.78, 5) is 4.27. The Kier molecular flexibility index (Phi) is 4.43. The third-order valence-corrected chi connectivity index (χ3v) is 3.97. The van der Waals surface area contributed by atoms with Crippen molar-refractivity contribution in [2.75, 3.05) is 0 Å². The quantitative estimate of drug-likeness (QED) is 0.693. The average molecular weight is 389 g/mol. The van der Waals surface area contributed by atoms with E-state index in [0.717, 1.165) is 14.6 Å². The zero-order valence-electron chi connectivity index (χ0n) is 9.07. The second-order valence-corrected chi connectivity index (χ2v) is 5.74. The van der Waals surface area contributed by atoms with Crippen LogP contribution in [0.4, 0.5) is 5.69 Å². The number of rotatable bonds is 2. The molecule has 5 heteroatoms. The molecule has 1 N–H and O–H groups in total. The van der Waals surface area contributed by atoms with E-state index in [9.17, 15) is 5.11 Å². The highest BCUT2D eigenvalue weighted by Crippen LogP contribution is 2.27. The topological polar surface area (TPSA) is 32.6 Å². The molecule has 0 saturated heterocycles. The second kappa shape index (κ2) is 5.87. The Balaban J connectivity index is 2.29. The lowest BCUT2D eigenvalue weighted by molar-refractivity contribution is 0.474. The smallest absolute Gasteiger partial charge is 0.124 e. The van der Waals surface area contributed by atoms with E-state index >= 15 is 0 Å². The van der Waals surface area contributed by atoms with Crippen molar-refractivity contribution in [1.82, 2.24) is 0 Å². The van der Waals surface area contributed by atoms with Crippen molar-refractivity contribution in [1.29, 1.82) is 0 Å². The Morgan fingerprint density at radius 1 is 1.11 bits per heavy atom. The maximum Gasteiger partial charge on any atom is 0.124 e. The number of nitrogens with zero attached hydrogens (tertiary/aromatic N) is 1. The summed E-state index contributed by atoms with van der Waals surface area (Å²) in [5.74, 6) is 0.185. The summed E-state index contributed by atoms with van der Waals surface area (Å²) in [5, 5.41) is 10.3. The van der Waals surface area contributed by atoms with Crippen LogP contribution in [0.15, 0.2) is 50.3 Å². The molecule has 0 saturated carbocycles. The molecule has 2 aromatic carbocycles. The summed E-state index contributed by atoms with van der Waals surface area (Å²) < 4.78 is 1.71. The molecule has 92 valence electrons. The minimum Gasteiger partial charge on any atom is -0.507 e. The minimum atomic E-state index is 0.185. The number of phenols is 1. The van der Waals surface area contributed by atoms with E-state index in [2.05, 4.69) is 36.9 Å². The molecule has 2 nitrogen and oxygen atoms in total. The highest BCUT2D eigenvalue weighted by molar-refractivity contribution is 9.10. The molecule has 2 rings (SSSR count). The van der Waals surface area contributed by atoms with Gasteiger partial charge in [0.05, 0.1) is 10.7 Å². The molecule has 0 amide bonds. The van der Waals surface area contributed by atoms with Gasteiger partial charge in [-0.3, -0.25) is 4.99 Å². The Hall–Kier alpha value is -0.840. The molecule has 0 bridgehead atoms. The monoisotopic (exact) mass is 387 g/mol. The van der Waals surface area contributed by atoms with Crippen LogP contribution < -0.4 is 0 Å². The fourth-order valence-electron chi connectivity index (χ4n) is 1.34. The summed E-state index contributed by atoms with van der Waals surface area (Å²) in [6.07, 6.45) is 1.60. The van der Waals surface area contributed by atoms with Gasteiger partial charge in [-0.25, -0.2) is 0 Å². The minimum absolute atomic E-state index is 0.185. The normalized spacial score (nSPS) is 11.1. The SMILES string of the molecule is Oc1ccc(Br)cc1C=Nc1ccc(Br)c(Cl)c1. The summed E-state index contributed by atoms with van der Waals surface area (Å²) in [6.45, 7) is 0. The van der Waals surface area contributed by atoms with E-state index < -0.39 is 0 Å². The summed E-state index contributed by atoms with van der Waals surface area (Å²) in [6, 6.07) is 10.6. The van der Waals surface area contributed by atoms with Crippen molar-refractivity contribution in [2.45, 2.75) is 0 Å². The van der Waals surface area contributed by atoms with Gasteiger partial charge >= 0.3 is 0 Å². The molecule has 2 aromatic rings. The third kappa shape index (κ3) is 3.34. The third-order valence-electron chi connectivity index (χ3n) is 2.25. The zero-order valence-corrected chi connectivity index (χ0v) is 13.0. The van der Waals surface area contributed by atoms with Crippen LogP contribution >= 0.6 is 43.5 Å². The Morgan fingerprint density at radius 2 is 1.89 bits per heavy atom. The summed E-state index contributed by atoms with van der Waals surface area (Å²) >= 11 is 12.6. The lowest BCUT2D eigenvalue weighted by Crippen LogP contribution is -1.82. The van der Waals surface area contributed by atoms with Gasteiger partial charge in [0.1, 0.15) is 5.75 Å². The van der Waals surface area contributed by atoms with Crippen molar-refractivity contribution in [3.05, 3.63) is 55.9 Å². The standard InChI is InChI=1S/C13H8Br2ClNO/c14-9-1-4-13(18)8(5-9)7-17-10-2-3-11(15)12(16)6-10/h1-7,18H. The molecule has 0 aliphatic heterocycles. The van der Waals surface area contributed by atoms with Gasteiger partial charge in [-0.2, -0.15) is 0 Å². The molecule has 0 radical (unpaired) electrons. The molecule has 0 aromatic heterocycles. The number of halogens is 3. The first-order chi connectivity index (χ1) is 8.56. The van der Waals surface area contributed by atoms with Crippen LogP contribution in [0.5, 0.6) is 5.75 Å². The first kappa shape index (κ1) is 13.6. The van der Waals surface area contributed by atoms with Crippen LogP contribution in [-0.4, -0.2) is 11.3 Å². The van der Waals surface area contributed by atoms with Gasteiger partial charge in [-0.15, -0.1) is 0 Å². The van der Waals surface area contributed by atoms with Gasteiger partial charge in [0.25, 0.3) is 0 Å². The molecule has 0 aliphatic carbocycles. The molecule has 18 heavy (non-hydrogen) atoms. The molecule has 0 heterocycles. The number of phenolic OH excluding ortho intramolecular Hbond substituents is 1. The maximum absolute atomic E-state index is 9.67. The fourth-order valence-corrected chi connectivity index (χ4v) is 2.14. The number of aliphatic imine (C=N–C) groups is 1. The highest BCUT2D eigenvalue weighted by Gasteiger charge is 2.00. The van der Waals surface area contributed by atoms with E-state index in [1.54, 1.807) is 30.5 Å². The fraction of sp³-hybridized carbons (Fsp3) is 0. The first-order valence-electron chi connectivity index (χ1n) is 5.04. The van der Waals surface area contributed by atoms with Crippen LogP contribution in [0.1, 0.15) is 5.56 Å². The van der Waals surface area contributed by atoms with Gasteiger partial charge in [-0.05, 0) is 52.3 Å². The zero-order chi connectivity index (χ0) is 13.1.